The molecule has 0 aliphatic heterocycles. The van der Waals surface area contributed by atoms with Crippen molar-refractivity contribution in [3.8, 4) is 6.07 Å². The number of ether oxygens (including phenoxy) is 1. The van der Waals surface area contributed by atoms with Gasteiger partial charge in [0.2, 0.25) is 0 Å². The van der Waals surface area contributed by atoms with Crippen molar-refractivity contribution in [3.63, 3.8) is 0 Å². The van der Waals surface area contributed by atoms with Gasteiger partial charge in [-0.15, -0.1) is 0 Å². The molecule has 0 fully saturated rings. The maximum Gasteiger partial charge on any atom is 0.101 e. The average molecular weight is 267 g/mol. The normalized spacial score (nSPS) is 12.2. The minimum absolute atomic E-state index is 0.179. The first kappa shape index (κ1) is 14.8. The Morgan fingerprint density at radius 3 is 2.72 bits per heavy atom. The van der Waals surface area contributed by atoms with Gasteiger partial charge in [-0.25, -0.2) is 0 Å². The lowest BCUT2D eigenvalue weighted by molar-refractivity contribution is 0.127. The van der Waals surface area contributed by atoms with Gasteiger partial charge in [0.15, 0.2) is 0 Å². The Balaban J connectivity index is 2.83. The molecule has 0 saturated carbocycles. The standard InChI is InChI=1S/C14H19ClN2O/c1-4-18-9-14(10(2)3)17-13-6-5-12(15)7-11(13)8-16/h5-7,10,14,17H,4,9H2,1-3H3. The third-order valence-corrected chi connectivity index (χ3v) is 2.98. The molecular formula is C14H19ClN2O. The van der Waals surface area contributed by atoms with Crippen molar-refractivity contribution < 1.29 is 4.74 Å². The average Bonchev–Trinajstić information content (AvgIpc) is 2.35. The molecule has 3 nitrogen and oxygen atoms in total. The number of hydrogen-bond acceptors (Lipinski definition) is 3. The van der Waals surface area contributed by atoms with Crippen LogP contribution in [-0.4, -0.2) is 19.3 Å². The fraction of sp³-hybridized carbons (Fsp3) is 0.500. The lowest BCUT2D eigenvalue weighted by Gasteiger charge is -2.23. The minimum Gasteiger partial charge on any atom is -0.380 e. The van der Waals surface area contributed by atoms with E-state index in [1.807, 2.05) is 13.0 Å². The number of nitrogens with one attached hydrogen (secondary N) is 1. The Hall–Kier alpha value is -1.24. The van der Waals surface area contributed by atoms with Gasteiger partial charge in [0.1, 0.15) is 6.07 Å². The van der Waals surface area contributed by atoms with Gasteiger partial charge in [0.05, 0.1) is 23.9 Å². The monoisotopic (exact) mass is 266 g/mol. The molecule has 0 aromatic heterocycles. The molecule has 1 aromatic carbocycles. The Morgan fingerprint density at radius 1 is 1.44 bits per heavy atom. The van der Waals surface area contributed by atoms with E-state index in [-0.39, 0.29) is 6.04 Å². The van der Waals surface area contributed by atoms with Gasteiger partial charge >= 0.3 is 0 Å². The van der Waals surface area contributed by atoms with Crippen molar-refractivity contribution in [1.29, 1.82) is 5.26 Å². The fourth-order valence-corrected chi connectivity index (χ4v) is 1.75. The summed E-state index contributed by atoms with van der Waals surface area (Å²) in [4.78, 5) is 0. The number of nitriles is 1. The third kappa shape index (κ3) is 4.21. The van der Waals surface area contributed by atoms with Crippen molar-refractivity contribution >= 4 is 17.3 Å². The largest absolute Gasteiger partial charge is 0.380 e. The molecule has 18 heavy (non-hydrogen) atoms. The Bertz CT molecular complexity index is 426. The zero-order valence-corrected chi connectivity index (χ0v) is 11.8. The van der Waals surface area contributed by atoms with Crippen LogP contribution in [0.3, 0.4) is 0 Å². The van der Waals surface area contributed by atoms with Gasteiger partial charge in [0, 0.05) is 11.6 Å². The summed E-state index contributed by atoms with van der Waals surface area (Å²) in [6.45, 7) is 7.54. The van der Waals surface area contributed by atoms with Crippen LogP contribution in [0.15, 0.2) is 18.2 Å². The van der Waals surface area contributed by atoms with Crippen LogP contribution in [0.1, 0.15) is 26.3 Å². The van der Waals surface area contributed by atoms with Crippen LogP contribution in [0, 0.1) is 17.2 Å². The second-order valence-corrected chi connectivity index (χ2v) is 4.89. The molecule has 0 aliphatic rings. The minimum atomic E-state index is 0.179. The maximum atomic E-state index is 9.09. The third-order valence-electron chi connectivity index (χ3n) is 2.75. The smallest absolute Gasteiger partial charge is 0.101 e. The van der Waals surface area contributed by atoms with Crippen LogP contribution >= 0.6 is 11.6 Å². The van der Waals surface area contributed by atoms with E-state index in [4.69, 9.17) is 21.6 Å². The molecule has 0 radical (unpaired) electrons. The number of nitrogens with zero attached hydrogens (tertiary/aromatic N) is 1. The molecule has 0 saturated heterocycles. The molecule has 4 heteroatoms. The van der Waals surface area contributed by atoms with Crippen LogP contribution in [0.4, 0.5) is 5.69 Å². The van der Waals surface area contributed by atoms with Gasteiger partial charge in [0.25, 0.3) is 0 Å². The quantitative estimate of drug-likeness (QED) is 0.854. The fourth-order valence-electron chi connectivity index (χ4n) is 1.58. The molecule has 0 amide bonds. The van der Waals surface area contributed by atoms with E-state index in [0.29, 0.717) is 29.7 Å². The summed E-state index contributed by atoms with van der Waals surface area (Å²) >= 11 is 5.87. The first-order chi connectivity index (χ1) is 8.58. The highest BCUT2D eigenvalue weighted by atomic mass is 35.5. The lowest BCUT2D eigenvalue weighted by atomic mass is 10.0. The van der Waals surface area contributed by atoms with Crippen molar-refractivity contribution in [3.05, 3.63) is 28.8 Å². The molecular weight excluding hydrogens is 248 g/mol. The number of anilines is 1. The molecule has 98 valence electrons. The van der Waals surface area contributed by atoms with Crippen molar-refractivity contribution in [2.75, 3.05) is 18.5 Å². The summed E-state index contributed by atoms with van der Waals surface area (Å²) in [5, 5.41) is 13.0. The van der Waals surface area contributed by atoms with Crippen LogP contribution in [0.2, 0.25) is 5.02 Å². The van der Waals surface area contributed by atoms with Gasteiger partial charge in [-0.3, -0.25) is 0 Å². The summed E-state index contributed by atoms with van der Waals surface area (Å²) < 4.78 is 5.45. The highest BCUT2D eigenvalue weighted by molar-refractivity contribution is 6.30. The summed E-state index contributed by atoms with van der Waals surface area (Å²) in [5.41, 5.74) is 1.37. The molecule has 1 aromatic rings. The second-order valence-electron chi connectivity index (χ2n) is 4.46. The number of halogens is 1. The molecule has 1 rings (SSSR count). The van der Waals surface area contributed by atoms with E-state index in [9.17, 15) is 0 Å². The van der Waals surface area contributed by atoms with Crippen molar-refractivity contribution in [1.82, 2.24) is 0 Å². The summed E-state index contributed by atoms with van der Waals surface area (Å²) in [6, 6.07) is 7.61. The second kappa shape index (κ2) is 7.25. The van der Waals surface area contributed by atoms with Crippen molar-refractivity contribution in [2.45, 2.75) is 26.8 Å². The summed E-state index contributed by atoms with van der Waals surface area (Å²) in [5.74, 6) is 0.416. The zero-order valence-electron chi connectivity index (χ0n) is 11.0. The molecule has 1 unspecified atom stereocenters. The molecule has 0 bridgehead atoms. The highest BCUT2D eigenvalue weighted by Gasteiger charge is 2.15. The molecule has 1 N–H and O–H groups in total. The predicted octanol–water partition coefficient (Wildman–Crippen LogP) is 3.68. The molecule has 0 aliphatic carbocycles. The van der Waals surface area contributed by atoms with Gasteiger partial charge in [-0.1, -0.05) is 25.4 Å². The van der Waals surface area contributed by atoms with E-state index in [2.05, 4.69) is 25.2 Å². The lowest BCUT2D eigenvalue weighted by Crippen LogP contribution is -2.31. The molecule has 0 heterocycles. The first-order valence-corrected chi connectivity index (χ1v) is 6.50. The van der Waals surface area contributed by atoms with E-state index in [1.54, 1.807) is 12.1 Å². The number of hydrogen-bond donors (Lipinski definition) is 1. The van der Waals surface area contributed by atoms with E-state index in [0.717, 1.165) is 5.69 Å². The molecule has 0 spiro atoms. The predicted molar refractivity (Wildman–Crippen MR) is 74.9 cm³/mol. The SMILES string of the molecule is CCOCC(Nc1ccc(Cl)cc1C#N)C(C)C. The van der Waals surface area contributed by atoms with Gasteiger partial charge < -0.3 is 10.1 Å². The van der Waals surface area contributed by atoms with Crippen LogP contribution in [-0.2, 0) is 4.74 Å². The van der Waals surface area contributed by atoms with Crippen LogP contribution in [0.5, 0.6) is 0 Å². The van der Waals surface area contributed by atoms with Gasteiger partial charge in [-0.05, 0) is 31.0 Å². The van der Waals surface area contributed by atoms with Crippen LogP contribution in [0.25, 0.3) is 0 Å². The van der Waals surface area contributed by atoms with Gasteiger partial charge in [-0.2, -0.15) is 5.26 Å². The first-order valence-electron chi connectivity index (χ1n) is 6.12. The number of rotatable bonds is 6. The topological polar surface area (TPSA) is 45.0 Å². The molecule has 1 atom stereocenters. The summed E-state index contributed by atoms with van der Waals surface area (Å²) in [6.07, 6.45) is 0. The van der Waals surface area contributed by atoms with E-state index >= 15 is 0 Å². The Morgan fingerprint density at radius 2 is 2.17 bits per heavy atom. The van der Waals surface area contributed by atoms with E-state index < -0.39 is 0 Å². The summed E-state index contributed by atoms with van der Waals surface area (Å²) in [7, 11) is 0. The van der Waals surface area contributed by atoms with E-state index in [1.165, 1.54) is 0 Å². The maximum absolute atomic E-state index is 9.09. The highest BCUT2D eigenvalue weighted by Crippen LogP contribution is 2.22. The Labute approximate surface area is 114 Å². The Kier molecular flexibility index (Phi) is 5.97. The van der Waals surface area contributed by atoms with Crippen LogP contribution < -0.4 is 5.32 Å². The van der Waals surface area contributed by atoms with Crippen molar-refractivity contribution in [2.24, 2.45) is 5.92 Å². The number of benzene rings is 1. The zero-order chi connectivity index (χ0) is 13.5.